The minimum Gasteiger partial charge on any atom is -0.350 e. The van der Waals surface area contributed by atoms with Gasteiger partial charge in [0, 0.05) is 5.54 Å². The van der Waals surface area contributed by atoms with Gasteiger partial charge in [-0.25, -0.2) is 13.1 Å². The fraction of sp³-hybridized carbons (Fsp3) is 0.909. The second-order valence-electron chi connectivity index (χ2n) is 5.09. The highest BCUT2D eigenvalue weighted by molar-refractivity contribution is 7.98. The van der Waals surface area contributed by atoms with Gasteiger partial charge in [-0.15, -0.1) is 0 Å². The van der Waals surface area contributed by atoms with E-state index in [0.717, 1.165) is 5.75 Å². The molecule has 0 aliphatic carbocycles. The highest BCUT2D eigenvalue weighted by Gasteiger charge is 2.25. The van der Waals surface area contributed by atoms with Crippen molar-refractivity contribution in [2.75, 3.05) is 17.8 Å². The zero-order valence-corrected chi connectivity index (χ0v) is 13.4. The van der Waals surface area contributed by atoms with Crippen LogP contribution in [0.15, 0.2) is 0 Å². The lowest BCUT2D eigenvalue weighted by Gasteiger charge is -2.25. The molecule has 0 fully saturated rings. The SMILES string of the molecule is CCS(=O)(=O)NC(CCSC)C(=O)NC(C)(C)C. The van der Waals surface area contributed by atoms with Crippen molar-refractivity contribution in [2.45, 2.75) is 45.7 Å². The number of amides is 1. The van der Waals surface area contributed by atoms with Crippen molar-refractivity contribution in [2.24, 2.45) is 0 Å². The smallest absolute Gasteiger partial charge is 0.238 e. The third-order valence-corrected chi connectivity index (χ3v) is 4.17. The second-order valence-corrected chi connectivity index (χ2v) is 8.12. The molecule has 5 nitrogen and oxygen atoms in total. The normalized spacial score (nSPS) is 14.3. The Bertz CT molecular complexity index is 361. The monoisotopic (exact) mass is 296 g/mol. The molecule has 108 valence electrons. The maximum absolute atomic E-state index is 12.0. The standard InChI is InChI=1S/C11H24N2O3S2/c1-6-18(15,16)13-9(7-8-17-5)10(14)12-11(2,3)4/h9,13H,6-8H2,1-5H3,(H,12,14). The van der Waals surface area contributed by atoms with Crippen molar-refractivity contribution >= 4 is 27.7 Å². The maximum Gasteiger partial charge on any atom is 0.238 e. The third-order valence-electron chi connectivity index (χ3n) is 2.13. The summed E-state index contributed by atoms with van der Waals surface area (Å²) in [6.45, 7) is 7.15. The summed E-state index contributed by atoms with van der Waals surface area (Å²) in [5.74, 6) is 0.439. The maximum atomic E-state index is 12.0. The molecule has 2 N–H and O–H groups in total. The zero-order chi connectivity index (χ0) is 14.4. The molecule has 1 atom stereocenters. The summed E-state index contributed by atoms with van der Waals surface area (Å²) in [4.78, 5) is 12.0. The van der Waals surface area contributed by atoms with Crippen LogP contribution in [-0.4, -0.2) is 43.7 Å². The molecule has 0 aliphatic heterocycles. The van der Waals surface area contributed by atoms with Crippen LogP contribution in [0.2, 0.25) is 0 Å². The lowest BCUT2D eigenvalue weighted by molar-refractivity contribution is -0.124. The Morgan fingerprint density at radius 3 is 2.28 bits per heavy atom. The van der Waals surface area contributed by atoms with Crippen molar-refractivity contribution in [1.29, 1.82) is 0 Å². The van der Waals surface area contributed by atoms with E-state index in [1.54, 1.807) is 18.7 Å². The number of hydrogen-bond donors (Lipinski definition) is 2. The molecule has 0 heterocycles. The zero-order valence-electron chi connectivity index (χ0n) is 11.7. The molecule has 18 heavy (non-hydrogen) atoms. The summed E-state index contributed by atoms with van der Waals surface area (Å²) in [6.07, 6.45) is 2.41. The lowest BCUT2D eigenvalue weighted by atomic mass is 10.1. The number of nitrogens with one attached hydrogen (secondary N) is 2. The van der Waals surface area contributed by atoms with Gasteiger partial charge < -0.3 is 5.32 Å². The van der Waals surface area contributed by atoms with Gasteiger partial charge in [-0.3, -0.25) is 4.79 Å². The fourth-order valence-corrected chi connectivity index (χ4v) is 2.53. The Morgan fingerprint density at radius 1 is 1.33 bits per heavy atom. The molecular formula is C11H24N2O3S2. The van der Waals surface area contributed by atoms with Crippen LogP contribution in [0.5, 0.6) is 0 Å². The molecule has 0 rings (SSSR count). The number of sulfonamides is 1. The van der Waals surface area contributed by atoms with Gasteiger partial charge in [0.1, 0.15) is 6.04 Å². The molecule has 0 aromatic carbocycles. The molecule has 0 aliphatic rings. The van der Waals surface area contributed by atoms with Crippen molar-refractivity contribution in [3.63, 3.8) is 0 Å². The van der Waals surface area contributed by atoms with Crippen molar-refractivity contribution in [3.05, 3.63) is 0 Å². The Morgan fingerprint density at radius 2 is 1.89 bits per heavy atom. The predicted octanol–water partition coefficient (Wildman–Crippen LogP) is 0.962. The van der Waals surface area contributed by atoms with Crippen LogP contribution in [0.25, 0.3) is 0 Å². The van der Waals surface area contributed by atoms with Crippen molar-refractivity contribution in [1.82, 2.24) is 10.0 Å². The van der Waals surface area contributed by atoms with Crippen LogP contribution in [0.1, 0.15) is 34.1 Å². The quantitative estimate of drug-likeness (QED) is 0.734. The van der Waals surface area contributed by atoms with Crippen LogP contribution in [0.3, 0.4) is 0 Å². The molecule has 0 radical (unpaired) electrons. The van der Waals surface area contributed by atoms with Crippen LogP contribution >= 0.6 is 11.8 Å². The minimum atomic E-state index is -3.37. The van der Waals surface area contributed by atoms with E-state index < -0.39 is 16.1 Å². The summed E-state index contributed by atoms with van der Waals surface area (Å²) in [5, 5.41) is 2.80. The van der Waals surface area contributed by atoms with Gasteiger partial charge in [0.2, 0.25) is 15.9 Å². The summed E-state index contributed by atoms with van der Waals surface area (Å²) < 4.78 is 25.5. The highest BCUT2D eigenvalue weighted by atomic mass is 32.2. The van der Waals surface area contributed by atoms with Crippen molar-refractivity contribution in [3.8, 4) is 0 Å². The fourth-order valence-electron chi connectivity index (χ4n) is 1.24. The molecule has 0 spiro atoms. The summed E-state index contributed by atoms with van der Waals surface area (Å²) in [6, 6.07) is -0.693. The molecule has 1 unspecified atom stereocenters. The van der Waals surface area contributed by atoms with Gasteiger partial charge in [0.15, 0.2) is 0 Å². The van der Waals surface area contributed by atoms with Gasteiger partial charge in [-0.1, -0.05) is 0 Å². The van der Waals surface area contributed by atoms with E-state index in [4.69, 9.17) is 0 Å². The van der Waals surface area contributed by atoms with E-state index in [9.17, 15) is 13.2 Å². The first kappa shape index (κ1) is 17.7. The van der Waals surface area contributed by atoms with Gasteiger partial charge in [-0.05, 0) is 46.1 Å². The van der Waals surface area contributed by atoms with Gasteiger partial charge in [0.25, 0.3) is 0 Å². The minimum absolute atomic E-state index is 0.0223. The summed E-state index contributed by atoms with van der Waals surface area (Å²) in [5.41, 5.74) is -0.369. The lowest BCUT2D eigenvalue weighted by Crippen LogP contribution is -2.52. The Balaban J connectivity index is 4.72. The van der Waals surface area contributed by atoms with E-state index in [1.807, 2.05) is 27.0 Å². The summed E-state index contributed by atoms with van der Waals surface area (Å²) >= 11 is 1.58. The van der Waals surface area contributed by atoms with Crippen LogP contribution in [0, 0.1) is 0 Å². The van der Waals surface area contributed by atoms with Gasteiger partial charge in [0.05, 0.1) is 5.75 Å². The van der Waals surface area contributed by atoms with Gasteiger partial charge in [-0.2, -0.15) is 11.8 Å². The van der Waals surface area contributed by atoms with E-state index >= 15 is 0 Å². The molecule has 0 saturated heterocycles. The first-order valence-corrected chi connectivity index (χ1v) is 8.97. The van der Waals surface area contributed by atoms with E-state index in [1.165, 1.54) is 0 Å². The molecule has 0 aromatic rings. The molecular weight excluding hydrogens is 272 g/mol. The number of rotatable bonds is 7. The number of carbonyl (C=O) groups excluding carboxylic acids is 1. The highest BCUT2D eigenvalue weighted by Crippen LogP contribution is 2.06. The van der Waals surface area contributed by atoms with E-state index in [2.05, 4.69) is 10.0 Å². The Hall–Kier alpha value is -0.270. The molecule has 7 heteroatoms. The first-order valence-electron chi connectivity index (χ1n) is 5.92. The Labute approximate surface area is 115 Å². The van der Waals surface area contributed by atoms with Crippen molar-refractivity contribution < 1.29 is 13.2 Å². The average molecular weight is 296 g/mol. The van der Waals surface area contributed by atoms with Crippen LogP contribution < -0.4 is 10.0 Å². The molecule has 0 aromatic heterocycles. The first-order chi connectivity index (χ1) is 8.11. The van der Waals surface area contributed by atoms with Crippen LogP contribution in [-0.2, 0) is 14.8 Å². The molecule has 1 amide bonds. The number of thioether (sulfide) groups is 1. The topological polar surface area (TPSA) is 75.3 Å². The van der Waals surface area contributed by atoms with E-state index in [0.29, 0.717) is 6.42 Å². The molecule has 0 bridgehead atoms. The van der Waals surface area contributed by atoms with Crippen LogP contribution in [0.4, 0.5) is 0 Å². The van der Waals surface area contributed by atoms with E-state index in [-0.39, 0.29) is 17.2 Å². The number of hydrogen-bond acceptors (Lipinski definition) is 4. The second kappa shape index (κ2) is 7.35. The summed E-state index contributed by atoms with van der Waals surface area (Å²) in [7, 11) is -3.37. The third kappa shape index (κ3) is 7.94. The predicted molar refractivity (Wildman–Crippen MR) is 77.3 cm³/mol. The number of carbonyl (C=O) groups is 1. The van der Waals surface area contributed by atoms with Gasteiger partial charge >= 0.3 is 0 Å². The molecule has 0 saturated carbocycles. The largest absolute Gasteiger partial charge is 0.350 e. The Kier molecular flexibility index (Phi) is 7.24. The average Bonchev–Trinajstić information content (AvgIpc) is 2.21.